The molecular formula is C24H27NO2. The molecule has 2 aliphatic carbocycles. The Kier molecular flexibility index (Phi) is 4.40. The van der Waals surface area contributed by atoms with Crippen LogP contribution in [-0.4, -0.2) is 15.8 Å². The molecular weight excluding hydrogens is 334 g/mol. The maximum atomic E-state index is 11.0. The zero-order valence-corrected chi connectivity index (χ0v) is 15.8. The minimum atomic E-state index is -0.882. The average molecular weight is 361 g/mol. The summed E-state index contributed by atoms with van der Waals surface area (Å²) in [7, 11) is 0. The number of aliphatic hydroxyl groups is 1. The van der Waals surface area contributed by atoms with Crippen molar-refractivity contribution in [1.29, 1.82) is 0 Å². The third kappa shape index (κ3) is 3.19. The van der Waals surface area contributed by atoms with Crippen LogP contribution >= 0.6 is 0 Å². The van der Waals surface area contributed by atoms with Crippen LogP contribution in [0.5, 0.6) is 5.75 Å². The molecule has 27 heavy (non-hydrogen) atoms. The summed E-state index contributed by atoms with van der Waals surface area (Å²) in [6.07, 6.45) is 5.10. The van der Waals surface area contributed by atoms with Crippen LogP contribution in [0, 0.1) is 17.8 Å². The van der Waals surface area contributed by atoms with Crippen LogP contribution in [0.15, 0.2) is 42.5 Å². The van der Waals surface area contributed by atoms with Gasteiger partial charge in [0.1, 0.15) is 11.4 Å². The molecule has 3 atom stereocenters. The maximum absolute atomic E-state index is 11.0. The molecule has 2 aromatic carbocycles. The number of anilines is 1. The van der Waals surface area contributed by atoms with Crippen LogP contribution in [0.1, 0.15) is 49.3 Å². The first-order valence-corrected chi connectivity index (χ1v) is 9.77. The monoisotopic (exact) mass is 361 g/mol. The fraction of sp³-hybridized carbons (Fsp3) is 0.417. The average Bonchev–Trinajstić information content (AvgIpc) is 2.62. The number of phenols is 1. The van der Waals surface area contributed by atoms with Crippen molar-refractivity contribution in [3.05, 3.63) is 59.2 Å². The van der Waals surface area contributed by atoms with Crippen molar-refractivity contribution >= 4 is 5.69 Å². The van der Waals surface area contributed by atoms with Crippen molar-refractivity contribution in [3.8, 4) is 17.6 Å². The van der Waals surface area contributed by atoms with Crippen LogP contribution in [-0.2, 0) is 18.3 Å². The predicted octanol–water partition coefficient (Wildman–Crippen LogP) is 3.96. The molecule has 2 aromatic rings. The Morgan fingerprint density at radius 2 is 2.04 bits per heavy atom. The minimum absolute atomic E-state index is 0.0449. The van der Waals surface area contributed by atoms with Gasteiger partial charge in [0.05, 0.1) is 0 Å². The van der Waals surface area contributed by atoms with Gasteiger partial charge in [-0.3, -0.25) is 0 Å². The second-order valence-electron chi connectivity index (χ2n) is 8.27. The number of aromatic hydroxyl groups is 1. The standard InChI is InChI=1S/C24H27NO2/c1-2-10-23(27)11-12-24(15-17-4-3-5-20(25)13-17)19(16-23)7-6-18-14-21(26)8-9-22(18)24/h3-5,8-9,13-14,19,26-27H,6-7,11-12,15-16,25H2,1H3/t19-,23?,24+/m1/s1. The van der Waals surface area contributed by atoms with E-state index in [0.717, 1.165) is 31.4 Å². The Morgan fingerprint density at radius 3 is 2.81 bits per heavy atom. The molecule has 0 amide bonds. The van der Waals surface area contributed by atoms with Gasteiger partial charge in [-0.05, 0) is 92.3 Å². The number of rotatable bonds is 2. The molecule has 0 radical (unpaired) electrons. The Bertz CT molecular complexity index is 925. The second-order valence-corrected chi connectivity index (χ2v) is 8.27. The highest BCUT2D eigenvalue weighted by molar-refractivity contribution is 5.47. The highest BCUT2D eigenvalue weighted by Crippen LogP contribution is 2.54. The molecule has 0 spiro atoms. The van der Waals surface area contributed by atoms with Crippen molar-refractivity contribution < 1.29 is 10.2 Å². The zero-order chi connectivity index (χ0) is 19.1. The first-order valence-electron chi connectivity index (χ1n) is 9.77. The molecule has 3 heteroatoms. The maximum Gasteiger partial charge on any atom is 0.125 e. The van der Waals surface area contributed by atoms with E-state index in [1.807, 2.05) is 18.2 Å². The minimum Gasteiger partial charge on any atom is -0.508 e. The molecule has 0 heterocycles. The van der Waals surface area contributed by atoms with Crippen LogP contribution < -0.4 is 5.73 Å². The van der Waals surface area contributed by atoms with E-state index in [2.05, 4.69) is 30.0 Å². The van der Waals surface area contributed by atoms with Gasteiger partial charge in [0.25, 0.3) is 0 Å². The third-order valence-electron chi connectivity index (χ3n) is 6.57. The van der Waals surface area contributed by atoms with Gasteiger partial charge in [-0.25, -0.2) is 0 Å². The van der Waals surface area contributed by atoms with Gasteiger partial charge >= 0.3 is 0 Å². The van der Waals surface area contributed by atoms with Crippen LogP contribution in [0.2, 0.25) is 0 Å². The normalized spacial score (nSPS) is 29.2. The summed E-state index contributed by atoms with van der Waals surface area (Å²) in [4.78, 5) is 0. The summed E-state index contributed by atoms with van der Waals surface area (Å²) in [6, 6.07) is 13.9. The Hall–Kier alpha value is -2.44. The number of hydrogen-bond donors (Lipinski definition) is 3. The molecule has 4 N–H and O–H groups in total. The Labute approximate surface area is 161 Å². The van der Waals surface area contributed by atoms with E-state index >= 15 is 0 Å². The van der Waals surface area contributed by atoms with Gasteiger partial charge in [-0.2, -0.15) is 0 Å². The second kappa shape index (κ2) is 6.62. The third-order valence-corrected chi connectivity index (χ3v) is 6.57. The summed E-state index contributed by atoms with van der Waals surface area (Å²) >= 11 is 0. The van der Waals surface area contributed by atoms with Crippen LogP contribution in [0.25, 0.3) is 0 Å². The number of fused-ring (bicyclic) bond motifs is 3. The van der Waals surface area contributed by atoms with Crippen molar-refractivity contribution in [2.24, 2.45) is 5.92 Å². The van der Waals surface area contributed by atoms with E-state index in [0.29, 0.717) is 24.5 Å². The topological polar surface area (TPSA) is 66.5 Å². The summed E-state index contributed by atoms with van der Waals surface area (Å²) in [6.45, 7) is 1.80. The number of benzene rings is 2. The van der Waals surface area contributed by atoms with Gasteiger partial charge in [0.15, 0.2) is 0 Å². The molecule has 140 valence electrons. The smallest absolute Gasteiger partial charge is 0.125 e. The lowest BCUT2D eigenvalue weighted by Gasteiger charge is -2.52. The van der Waals surface area contributed by atoms with E-state index in [1.54, 1.807) is 13.0 Å². The number of hydrogen-bond acceptors (Lipinski definition) is 3. The first kappa shape index (κ1) is 17.9. The lowest BCUT2D eigenvalue weighted by molar-refractivity contribution is -0.00804. The zero-order valence-electron chi connectivity index (χ0n) is 15.8. The fourth-order valence-electron chi connectivity index (χ4n) is 5.42. The van der Waals surface area contributed by atoms with Gasteiger partial charge < -0.3 is 15.9 Å². The van der Waals surface area contributed by atoms with E-state index in [1.165, 1.54) is 16.7 Å². The first-order chi connectivity index (χ1) is 12.9. The highest BCUT2D eigenvalue weighted by Gasteiger charge is 2.51. The molecule has 3 nitrogen and oxygen atoms in total. The molecule has 0 aliphatic heterocycles. The van der Waals surface area contributed by atoms with Crippen molar-refractivity contribution in [2.75, 3.05) is 5.73 Å². The molecule has 2 aliphatic rings. The van der Waals surface area contributed by atoms with Crippen LogP contribution in [0.3, 0.4) is 0 Å². The largest absolute Gasteiger partial charge is 0.508 e. The summed E-state index contributed by atoms with van der Waals surface area (Å²) < 4.78 is 0. The van der Waals surface area contributed by atoms with Gasteiger partial charge in [0.2, 0.25) is 0 Å². The molecule has 1 unspecified atom stereocenters. The Morgan fingerprint density at radius 1 is 1.19 bits per heavy atom. The quantitative estimate of drug-likeness (QED) is 0.560. The van der Waals surface area contributed by atoms with Crippen LogP contribution in [0.4, 0.5) is 5.69 Å². The molecule has 1 saturated carbocycles. The molecule has 0 aromatic heterocycles. The number of phenolic OH excluding ortho intramolecular Hbond substituents is 1. The summed E-state index contributed by atoms with van der Waals surface area (Å²) in [5, 5.41) is 21.0. The highest BCUT2D eigenvalue weighted by atomic mass is 16.3. The molecule has 4 rings (SSSR count). The number of nitrogen functional groups attached to an aromatic ring is 1. The SMILES string of the molecule is CC#CC1(O)CC[C@@]2(Cc3cccc(N)c3)c3ccc(O)cc3CC[C@@H]2C1. The number of aryl methyl sites for hydroxylation is 1. The van der Waals surface area contributed by atoms with E-state index in [4.69, 9.17) is 5.73 Å². The lowest BCUT2D eigenvalue weighted by Crippen LogP contribution is -2.50. The van der Waals surface area contributed by atoms with Crippen molar-refractivity contribution in [2.45, 2.75) is 56.5 Å². The van der Waals surface area contributed by atoms with E-state index in [-0.39, 0.29) is 5.41 Å². The molecule has 0 saturated heterocycles. The van der Waals surface area contributed by atoms with E-state index in [9.17, 15) is 10.2 Å². The van der Waals surface area contributed by atoms with Gasteiger partial charge in [-0.1, -0.05) is 24.1 Å². The van der Waals surface area contributed by atoms with Crippen molar-refractivity contribution in [1.82, 2.24) is 0 Å². The Balaban J connectivity index is 1.80. The summed E-state index contributed by atoms with van der Waals surface area (Å²) in [5.74, 6) is 6.67. The van der Waals surface area contributed by atoms with Crippen molar-refractivity contribution in [3.63, 3.8) is 0 Å². The predicted molar refractivity (Wildman–Crippen MR) is 108 cm³/mol. The lowest BCUT2D eigenvalue weighted by atomic mass is 9.52. The molecule has 0 bridgehead atoms. The van der Waals surface area contributed by atoms with Gasteiger partial charge in [0, 0.05) is 11.1 Å². The number of nitrogens with two attached hydrogens (primary N) is 1. The van der Waals surface area contributed by atoms with Gasteiger partial charge in [-0.15, -0.1) is 5.92 Å². The van der Waals surface area contributed by atoms with E-state index < -0.39 is 5.60 Å². The fourth-order valence-corrected chi connectivity index (χ4v) is 5.42. The summed E-state index contributed by atoms with van der Waals surface area (Å²) in [5.41, 5.74) is 9.68. The molecule has 1 fully saturated rings.